The maximum absolute atomic E-state index is 13.7. The van der Waals surface area contributed by atoms with E-state index in [4.69, 9.17) is 9.72 Å². The molecule has 0 amide bonds. The molecular weight excluding hydrogens is 491 g/mol. The zero-order valence-corrected chi connectivity index (χ0v) is 23.5. The van der Waals surface area contributed by atoms with Crippen molar-refractivity contribution in [1.82, 2.24) is 4.98 Å². The lowest BCUT2D eigenvalue weighted by Crippen LogP contribution is -2.30. The fraction of sp³-hybridized carbons (Fsp3) is 0.613. The van der Waals surface area contributed by atoms with Crippen molar-refractivity contribution >= 4 is 5.78 Å². The highest BCUT2D eigenvalue weighted by Crippen LogP contribution is 2.48. The van der Waals surface area contributed by atoms with Crippen molar-refractivity contribution < 1.29 is 27.8 Å². The Morgan fingerprint density at radius 2 is 1.71 bits per heavy atom. The summed E-state index contributed by atoms with van der Waals surface area (Å²) < 4.78 is 44.5. The monoisotopic (exact) mass is 533 g/mol. The highest BCUT2D eigenvalue weighted by Gasteiger charge is 2.39. The predicted octanol–water partition coefficient (Wildman–Crippen LogP) is 8.19. The Bertz CT molecular complexity index is 1100. The number of methoxy groups -OCH3 is 1. The summed E-state index contributed by atoms with van der Waals surface area (Å²) in [5.41, 5.74) is 2.51. The Morgan fingerprint density at radius 1 is 1.13 bits per heavy atom. The van der Waals surface area contributed by atoms with Crippen molar-refractivity contribution in [1.29, 1.82) is 0 Å². The lowest BCUT2D eigenvalue weighted by molar-refractivity contribution is -0.137. The van der Waals surface area contributed by atoms with Crippen LogP contribution in [0.4, 0.5) is 13.2 Å². The predicted molar refractivity (Wildman–Crippen MR) is 143 cm³/mol. The number of aliphatic hydroxyl groups excluding tert-OH is 1. The number of ketones is 1. The summed E-state index contributed by atoms with van der Waals surface area (Å²) in [5.74, 6) is 0.627. The van der Waals surface area contributed by atoms with Gasteiger partial charge in [-0.15, -0.1) is 0 Å². The van der Waals surface area contributed by atoms with Crippen LogP contribution < -0.4 is 0 Å². The van der Waals surface area contributed by atoms with Gasteiger partial charge in [-0.3, -0.25) is 9.78 Å². The minimum absolute atomic E-state index is 0.113. The Balaban J connectivity index is 0.000000732. The number of aliphatic hydroxyl groups is 1. The summed E-state index contributed by atoms with van der Waals surface area (Å²) in [6.45, 7) is 10.9. The van der Waals surface area contributed by atoms with E-state index in [9.17, 15) is 23.1 Å². The van der Waals surface area contributed by atoms with Gasteiger partial charge >= 0.3 is 6.18 Å². The summed E-state index contributed by atoms with van der Waals surface area (Å²) in [6.07, 6.45) is 1.25. The average molecular weight is 534 g/mol. The van der Waals surface area contributed by atoms with E-state index in [0.29, 0.717) is 24.1 Å². The highest BCUT2D eigenvalue weighted by molar-refractivity contribution is 6.11. The standard InChI is InChI=1S/C26H30F3NO3.C5H12/c1-25(2)12-18-22(20(31)13-25)21(15-6-4-5-7-15)23(19(30-18)14-33-3)24(32)16-8-10-17(11-9-16)26(27,28)29;1-4-5(2)3/h8-11,15,20,31H,4-7,12-14H2,1-3H3;5H,4H2,1-3H3. The van der Waals surface area contributed by atoms with E-state index >= 15 is 0 Å². The number of pyridine rings is 1. The van der Waals surface area contributed by atoms with Gasteiger partial charge in [-0.1, -0.05) is 66.0 Å². The number of alkyl halides is 3. The van der Waals surface area contributed by atoms with Crippen molar-refractivity contribution in [2.45, 2.75) is 104 Å². The van der Waals surface area contributed by atoms with Gasteiger partial charge in [-0.05, 0) is 60.6 Å². The summed E-state index contributed by atoms with van der Waals surface area (Å²) >= 11 is 0. The maximum atomic E-state index is 13.7. The van der Waals surface area contributed by atoms with Crippen molar-refractivity contribution in [3.8, 4) is 0 Å². The first kappa shape index (κ1) is 30.3. The fourth-order valence-electron chi connectivity index (χ4n) is 5.47. The van der Waals surface area contributed by atoms with Gasteiger partial charge in [-0.25, -0.2) is 0 Å². The molecule has 1 N–H and O–H groups in total. The molecule has 1 saturated carbocycles. The van der Waals surface area contributed by atoms with Gasteiger partial charge < -0.3 is 9.84 Å². The van der Waals surface area contributed by atoms with Crippen LogP contribution in [0, 0.1) is 11.3 Å². The third-order valence-electron chi connectivity index (χ3n) is 7.72. The lowest BCUT2D eigenvalue weighted by atomic mass is 9.71. The van der Waals surface area contributed by atoms with Crippen LogP contribution in [-0.4, -0.2) is 23.0 Å². The second kappa shape index (κ2) is 12.3. The van der Waals surface area contributed by atoms with Crippen molar-refractivity contribution in [3.63, 3.8) is 0 Å². The third-order valence-corrected chi connectivity index (χ3v) is 7.72. The van der Waals surface area contributed by atoms with Crippen LogP contribution in [0.1, 0.15) is 129 Å². The smallest absolute Gasteiger partial charge is 0.388 e. The van der Waals surface area contributed by atoms with Crippen molar-refractivity contribution in [3.05, 3.63) is 63.5 Å². The summed E-state index contributed by atoms with van der Waals surface area (Å²) in [5, 5.41) is 11.2. The van der Waals surface area contributed by atoms with Crippen LogP contribution in [0.5, 0.6) is 0 Å². The molecule has 210 valence electrons. The number of hydrogen-bond acceptors (Lipinski definition) is 4. The van der Waals surface area contributed by atoms with Gasteiger partial charge in [0.2, 0.25) is 0 Å². The normalized spacial score (nSPS) is 19.2. The summed E-state index contributed by atoms with van der Waals surface area (Å²) in [4.78, 5) is 18.5. The SMILES string of the molecule is CCC(C)C.COCc1nc2c(c(C3CCCC3)c1C(=O)c1ccc(C(F)(F)F)cc1)C(O)CC(C)(C)C2. The van der Waals surface area contributed by atoms with Crippen LogP contribution in [0.3, 0.4) is 0 Å². The molecule has 2 aliphatic carbocycles. The van der Waals surface area contributed by atoms with Gasteiger partial charge in [0, 0.05) is 23.9 Å². The molecule has 1 aromatic heterocycles. The molecule has 0 radical (unpaired) electrons. The molecule has 0 saturated heterocycles. The molecule has 7 heteroatoms. The number of hydrogen-bond donors (Lipinski definition) is 1. The number of carbonyl (C=O) groups is 1. The van der Waals surface area contributed by atoms with Crippen LogP contribution in [-0.2, 0) is 23.9 Å². The number of fused-ring (bicyclic) bond motifs is 1. The van der Waals surface area contributed by atoms with Gasteiger partial charge in [0.15, 0.2) is 5.78 Å². The highest BCUT2D eigenvalue weighted by atomic mass is 19.4. The van der Waals surface area contributed by atoms with E-state index in [2.05, 4.69) is 34.6 Å². The largest absolute Gasteiger partial charge is 0.416 e. The lowest BCUT2D eigenvalue weighted by Gasteiger charge is -2.37. The number of aromatic nitrogens is 1. The fourth-order valence-corrected chi connectivity index (χ4v) is 5.47. The second-order valence-electron chi connectivity index (χ2n) is 11.9. The number of benzene rings is 1. The Labute approximate surface area is 225 Å². The zero-order valence-electron chi connectivity index (χ0n) is 23.5. The Kier molecular flexibility index (Phi) is 9.80. The summed E-state index contributed by atoms with van der Waals surface area (Å²) in [7, 11) is 1.53. The minimum atomic E-state index is -4.47. The van der Waals surface area contributed by atoms with Crippen molar-refractivity contribution in [2.75, 3.05) is 7.11 Å². The number of ether oxygens (including phenoxy) is 1. The molecule has 0 aliphatic heterocycles. The van der Waals surface area contributed by atoms with Crippen molar-refractivity contribution in [2.24, 2.45) is 11.3 Å². The van der Waals surface area contributed by atoms with E-state index in [1.54, 1.807) is 0 Å². The van der Waals surface area contributed by atoms with E-state index in [1.165, 1.54) is 25.7 Å². The molecule has 1 heterocycles. The number of carbonyl (C=O) groups excluding carboxylic acids is 1. The topological polar surface area (TPSA) is 59.4 Å². The quantitative estimate of drug-likeness (QED) is 0.380. The zero-order chi connectivity index (χ0) is 28.3. The van der Waals surface area contributed by atoms with E-state index < -0.39 is 17.8 Å². The van der Waals surface area contributed by atoms with Gasteiger partial charge in [0.25, 0.3) is 0 Å². The van der Waals surface area contributed by atoms with E-state index in [0.717, 1.165) is 60.6 Å². The molecule has 1 fully saturated rings. The second-order valence-corrected chi connectivity index (χ2v) is 11.9. The molecular formula is C31H42F3NO3. The van der Waals surface area contributed by atoms with Gasteiger partial charge in [-0.2, -0.15) is 13.2 Å². The van der Waals surface area contributed by atoms with E-state index in [1.807, 2.05) is 0 Å². The number of halogens is 3. The molecule has 38 heavy (non-hydrogen) atoms. The molecule has 2 aromatic rings. The first-order valence-electron chi connectivity index (χ1n) is 13.7. The molecule has 1 aromatic carbocycles. The maximum Gasteiger partial charge on any atom is 0.416 e. The molecule has 1 unspecified atom stereocenters. The van der Waals surface area contributed by atoms with Gasteiger partial charge in [0.1, 0.15) is 0 Å². The molecule has 0 bridgehead atoms. The van der Waals surface area contributed by atoms with Crippen LogP contribution in [0.2, 0.25) is 0 Å². The molecule has 1 atom stereocenters. The van der Waals surface area contributed by atoms with Crippen LogP contribution in [0.15, 0.2) is 24.3 Å². The van der Waals surface area contributed by atoms with E-state index in [-0.39, 0.29) is 29.3 Å². The molecule has 4 rings (SSSR count). The Morgan fingerprint density at radius 3 is 2.21 bits per heavy atom. The first-order chi connectivity index (χ1) is 17.8. The summed E-state index contributed by atoms with van der Waals surface area (Å²) in [6, 6.07) is 4.31. The number of nitrogens with zero attached hydrogens (tertiary/aromatic N) is 1. The molecule has 2 aliphatic rings. The van der Waals surface area contributed by atoms with Crippen LogP contribution >= 0.6 is 0 Å². The third kappa shape index (κ3) is 7.03. The molecule has 0 spiro atoms. The first-order valence-corrected chi connectivity index (χ1v) is 13.7. The minimum Gasteiger partial charge on any atom is -0.388 e. The van der Waals surface area contributed by atoms with Gasteiger partial charge in [0.05, 0.1) is 29.5 Å². The number of rotatable bonds is 6. The molecule has 4 nitrogen and oxygen atoms in total. The Hall–Kier alpha value is -2.25. The average Bonchev–Trinajstić information content (AvgIpc) is 3.37. The van der Waals surface area contributed by atoms with Crippen LogP contribution in [0.25, 0.3) is 0 Å².